The highest BCUT2D eigenvalue weighted by Crippen LogP contribution is 2.36. The molecule has 2 heterocycles. The molecule has 10 nitrogen and oxygen atoms in total. The fourth-order valence-corrected chi connectivity index (χ4v) is 3.96. The van der Waals surface area contributed by atoms with E-state index in [9.17, 15) is 32.3 Å². The molecule has 0 saturated carbocycles. The number of aromatic nitrogens is 1. The van der Waals surface area contributed by atoms with Gasteiger partial charge < -0.3 is 25.5 Å². The number of ketones is 1. The summed E-state index contributed by atoms with van der Waals surface area (Å²) in [6, 6.07) is 10.9. The molecule has 1 fully saturated rings. The number of carbonyl (C=O) groups is 3. The number of esters is 1. The number of alkyl halides is 3. The van der Waals surface area contributed by atoms with Crippen molar-refractivity contribution in [3.05, 3.63) is 64.4 Å². The van der Waals surface area contributed by atoms with Gasteiger partial charge >= 0.3 is 18.2 Å². The molecule has 39 heavy (non-hydrogen) atoms. The number of nitrogens with zero attached hydrogens (tertiary/aromatic N) is 1. The Morgan fingerprint density at radius 3 is 2.59 bits per heavy atom. The molecule has 14 heteroatoms. The van der Waals surface area contributed by atoms with E-state index in [1.165, 1.54) is 47.4 Å². The van der Waals surface area contributed by atoms with Crippen LogP contribution in [0.15, 0.2) is 53.3 Å². The first-order valence-electron chi connectivity index (χ1n) is 11.5. The average molecular weight is 569 g/mol. The number of Topliss-reactive ketones (excluding diaryl/α,β-unsaturated/α-hetero) is 1. The Bertz CT molecular complexity index is 1450. The molecule has 3 aromatic rings. The zero-order valence-corrected chi connectivity index (χ0v) is 21.1. The molecule has 208 valence electrons. The summed E-state index contributed by atoms with van der Waals surface area (Å²) in [5.41, 5.74) is 3.84. The van der Waals surface area contributed by atoms with Crippen molar-refractivity contribution in [2.45, 2.75) is 12.3 Å². The summed E-state index contributed by atoms with van der Waals surface area (Å²) >= 11 is 0. The van der Waals surface area contributed by atoms with E-state index in [4.69, 9.17) is 15.2 Å². The second-order valence-corrected chi connectivity index (χ2v) is 8.47. The molecular weight excluding hydrogens is 545 g/mol. The van der Waals surface area contributed by atoms with E-state index < -0.39 is 35.5 Å². The number of hydrogen-bond acceptors (Lipinski definition) is 8. The maximum atomic E-state index is 13.5. The van der Waals surface area contributed by atoms with E-state index in [0.717, 1.165) is 6.07 Å². The minimum Gasteiger partial charge on any atom is -0.461 e. The van der Waals surface area contributed by atoms with Crippen LogP contribution in [0.1, 0.15) is 5.56 Å². The first-order valence-corrected chi connectivity index (χ1v) is 11.5. The predicted octanol–water partition coefficient (Wildman–Crippen LogP) is 2.62. The van der Waals surface area contributed by atoms with Crippen LogP contribution in [0.3, 0.4) is 0 Å². The van der Waals surface area contributed by atoms with Gasteiger partial charge in [0.1, 0.15) is 6.61 Å². The first kappa shape index (κ1) is 29.6. The predicted molar refractivity (Wildman–Crippen MR) is 138 cm³/mol. The van der Waals surface area contributed by atoms with Crippen LogP contribution < -0.4 is 21.5 Å². The van der Waals surface area contributed by atoms with E-state index in [1.807, 2.05) is 0 Å². The zero-order chi connectivity index (χ0) is 27.4. The van der Waals surface area contributed by atoms with Crippen molar-refractivity contribution < 1.29 is 37.0 Å². The van der Waals surface area contributed by atoms with E-state index in [-0.39, 0.29) is 67.6 Å². The number of cyclic esters (lactones) is 1. The standard InChI is InChI=1S/C25H23F3N4O6.ClH/c26-25(27,28)20-4-2-1-3-18(20)21-7-14-5-6-15(8-19(14)23(35)31-21)32-12-17(38-24(32)36)13-37-22(34)11-30-10-16(33)9-29;/h1-8,17,30H,9-13,29H2,(H,31,35);1H/t17-;/m0./s1. The normalized spacial score (nSPS) is 15.1. The van der Waals surface area contributed by atoms with Crippen LogP contribution in [-0.2, 0) is 25.2 Å². The Kier molecular flexibility index (Phi) is 9.32. The summed E-state index contributed by atoms with van der Waals surface area (Å²) in [6.45, 7) is -0.632. The lowest BCUT2D eigenvalue weighted by atomic mass is 10.0. The topological polar surface area (TPSA) is 144 Å². The van der Waals surface area contributed by atoms with E-state index in [1.54, 1.807) is 0 Å². The fraction of sp³-hybridized carbons (Fsp3) is 0.280. The van der Waals surface area contributed by atoms with Crippen LogP contribution in [0.25, 0.3) is 22.0 Å². The van der Waals surface area contributed by atoms with Gasteiger partial charge in [-0.25, -0.2) is 4.79 Å². The molecule has 1 amide bonds. The van der Waals surface area contributed by atoms with Crippen LogP contribution in [0.5, 0.6) is 0 Å². The Hall–Kier alpha value is -3.94. The zero-order valence-electron chi connectivity index (χ0n) is 20.2. The lowest BCUT2D eigenvalue weighted by Crippen LogP contribution is -2.34. The van der Waals surface area contributed by atoms with Crippen LogP contribution in [0, 0.1) is 0 Å². The SMILES string of the molecule is Cl.NCC(=O)CNCC(=O)OC[C@@H]1CN(c2ccc3cc(-c4ccccc4C(F)(F)F)[nH]c(=O)c3c2)C(=O)O1. The van der Waals surface area contributed by atoms with Crippen molar-refractivity contribution in [2.24, 2.45) is 5.73 Å². The fourth-order valence-electron chi connectivity index (χ4n) is 3.96. The van der Waals surface area contributed by atoms with Gasteiger partial charge in [0.2, 0.25) is 0 Å². The van der Waals surface area contributed by atoms with E-state index in [2.05, 4.69) is 10.3 Å². The van der Waals surface area contributed by atoms with Gasteiger partial charge in [0, 0.05) is 22.3 Å². The number of H-pyrrole nitrogens is 1. The van der Waals surface area contributed by atoms with Crippen LogP contribution in [0.2, 0.25) is 0 Å². The maximum absolute atomic E-state index is 13.5. The Morgan fingerprint density at radius 2 is 1.87 bits per heavy atom. The molecule has 4 N–H and O–H groups in total. The number of benzene rings is 2. The van der Waals surface area contributed by atoms with Crippen LogP contribution in [0.4, 0.5) is 23.7 Å². The monoisotopic (exact) mass is 568 g/mol. The second kappa shape index (κ2) is 12.3. The van der Waals surface area contributed by atoms with Gasteiger partial charge in [-0.05, 0) is 29.7 Å². The van der Waals surface area contributed by atoms with E-state index >= 15 is 0 Å². The minimum atomic E-state index is -4.60. The molecule has 0 aliphatic carbocycles. The number of hydrogen-bond donors (Lipinski definition) is 3. The lowest BCUT2D eigenvalue weighted by molar-refractivity contribution is -0.145. The molecule has 0 spiro atoms. The summed E-state index contributed by atoms with van der Waals surface area (Å²) < 4.78 is 50.6. The number of anilines is 1. The van der Waals surface area contributed by atoms with Crippen molar-refractivity contribution >= 4 is 46.7 Å². The number of rotatable bonds is 9. The molecule has 1 aromatic heterocycles. The van der Waals surface area contributed by atoms with Crippen LogP contribution in [-0.4, -0.2) is 61.7 Å². The quantitative estimate of drug-likeness (QED) is 0.334. The molecule has 1 aliphatic rings. The van der Waals surface area contributed by atoms with Crippen molar-refractivity contribution in [1.29, 1.82) is 0 Å². The number of halogens is 4. The molecule has 0 bridgehead atoms. The number of amides is 1. The summed E-state index contributed by atoms with van der Waals surface area (Å²) in [5, 5.41) is 3.13. The summed E-state index contributed by atoms with van der Waals surface area (Å²) in [5.74, 6) is -0.917. The molecule has 1 saturated heterocycles. The number of fused-ring (bicyclic) bond motifs is 1. The number of pyridine rings is 1. The molecular formula is C25H24ClF3N4O6. The Balaban J connectivity index is 0.00000420. The molecule has 4 rings (SSSR count). The number of nitrogens with two attached hydrogens (primary N) is 1. The van der Waals surface area contributed by atoms with Crippen molar-refractivity contribution in [3.8, 4) is 11.3 Å². The minimum absolute atomic E-state index is 0. The summed E-state index contributed by atoms with van der Waals surface area (Å²) in [4.78, 5) is 51.9. The Labute approximate surface area is 225 Å². The van der Waals surface area contributed by atoms with Gasteiger partial charge in [0.25, 0.3) is 5.56 Å². The third-order valence-electron chi connectivity index (χ3n) is 5.79. The smallest absolute Gasteiger partial charge is 0.417 e. The largest absolute Gasteiger partial charge is 0.461 e. The van der Waals surface area contributed by atoms with Crippen molar-refractivity contribution in [1.82, 2.24) is 10.3 Å². The highest BCUT2D eigenvalue weighted by Gasteiger charge is 2.35. The maximum Gasteiger partial charge on any atom is 0.417 e. The Morgan fingerprint density at radius 1 is 1.13 bits per heavy atom. The number of aromatic amines is 1. The average Bonchev–Trinajstić information content (AvgIpc) is 3.27. The van der Waals surface area contributed by atoms with Gasteiger partial charge in [0.05, 0.1) is 31.7 Å². The highest BCUT2D eigenvalue weighted by atomic mass is 35.5. The molecule has 2 aromatic carbocycles. The molecule has 1 atom stereocenters. The number of nitrogens with one attached hydrogen (secondary N) is 2. The highest BCUT2D eigenvalue weighted by molar-refractivity contribution is 5.95. The third-order valence-corrected chi connectivity index (χ3v) is 5.79. The van der Waals surface area contributed by atoms with Gasteiger partial charge in [-0.2, -0.15) is 13.2 Å². The van der Waals surface area contributed by atoms with Crippen LogP contribution >= 0.6 is 12.4 Å². The molecule has 0 radical (unpaired) electrons. The number of carbonyl (C=O) groups excluding carboxylic acids is 3. The first-order chi connectivity index (χ1) is 18.1. The van der Waals surface area contributed by atoms with Crippen molar-refractivity contribution in [3.63, 3.8) is 0 Å². The number of ether oxygens (including phenoxy) is 2. The molecule has 1 aliphatic heterocycles. The summed E-state index contributed by atoms with van der Waals surface area (Å²) in [7, 11) is 0. The van der Waals surface area contributed by atoms with Gasteiger partial charge in [-0.3, -0.25) is 19.3 Å². The van der Waals surface area contributed by atoms with Gasteiger partial charge in [0.15, 0.2) is 11.9 Å². The second-order valence-electron chi connectivity index (χ2n) is 8.47. The lowest BCUT2D eigenvalue weighted by Gasteiger charge is -2.15. The van der Waals surface area contributed by atoms with Gasteiger partial charge in [-0.1, -0.05) is 24.3 Å². The molecule has 0 unspecified atom stereocenters. The summed E-state index contributed by atoms with van der Waals surface area (Å²) in [6.07, 6.45) is -6.09. The third kappa shape index (κ3) is 6.93. The van der Waals surface area contributed by atoms with Gasteiger partial charge in [-0.15, -0.1) is 12.4 Å². The van der Waals surface area contributed by atoms with E-state index in [0.29, 0.717) is 11.1 Å². The van der Waals surface area contributed by atoms with Crippen molar-refractivity contribution in [2.75, 3.05) is 37.7 Å².